The van der Waals surface area contributed by atoms with Gasteiger partial charge in [-0.05, 0) is 68.6 Å². The third-order valence-corrected chi connectivity index (χ3v) is 6.32. The van der Waals surface area contributed by atoms with Crippen molar-refractivity contribution in [3.63, 3.8) is 0 Å². The molecule has 0 unspecified atom stereocenters. The second-order valence-electron chi connectivity index (χ2n) is 8.25. The highest BCUT2D eigenvalue weighted by Gasteiger charge is 2.19. The van der Waals surface area contributed by atoms with Gasteiger partial charge in [0.15, 0.2) is 0 Å². The number of benzene rings is 2. The summed E-state index contributed by atoms with van der Waals surface area (Å²) in [7, 11) is 1.73. The number of aromatic carboxylic acids is 1. The summed E-state index contributed by atoms with van der Waals surface area (Å²) in [6, 6.07) is 13.6. The van der Waals surface area contributed by atoms with Crippen LogP contribution in [0, 0.1) is 6.92 Å². The van der Waals surface area contributed by atoms with Crippen molar-refractivity contribution in [2.24, 2.45) is 0 Å². The lowest BCUT2D eigenvalue weighted by Gasteiger charge is -2.36. The Morgan fingerprint density at radius 1 is 1.10 bits per heavy atom. The molecule has 0 spiro atoms. The molecule has 1 aromatic heterocycles. The Morgan fingerprint density at radius 3 is 2.61 bits per heavy atom. The number of hydrogen-bond donors (Lipinski definition) is 2. The molecular weight excluding hydrogens is 390 g/mol. The number of nitrogens with one attached hydrogen (secondary N) is 1. The largest absolute Gasteiger partial charge is 0.495 e. The predicted molar refractivity (Wildman–Crippen MR) is 125 cm³/mol. The first-order valence-corrected chi connectivity index (χ1v) is 11.0. The van der Waals surface area contributed by atoms with Crippen molar-refractivity contribution in [1.82, 2.24) is 9.88 Å². The van der Waals surface area contributed by atoms with Gasteiger partial charge < -0.3 is 19.7 Å². The van der Waals surface area contributed by atoms with Crippen LogP contribution in [0.3, 0.4) is 0 Å². The molecule has 1 saturated heterocycles. The highest BCUT2D eigenvalue weighted by molar-refractivity contribution is 5.95. The molecule has 1 fully saturated rings. The van der Waals surface area contributed by atoms with Crippen molar-refractivity contribution in [3.05, 3.63) is 59.3 Å². The first-order chi connectivity index (χ1) is 15.1. The van der Waals surface area contributed by atoms with Gasteiger partial charge in [-0.15, -0.1) is 0 Å². The van der Waals surface area contributed by atoms with E-state index >= 15 is 0 Å². The molecule has 0 atom stereocenters. The minimum absolute atomic E-state index is 0.348. The van der Waals surface area contributed by atoms with E-state index in [1.165, 1.54) is 11.3 Å². The van der Waals surface area contributed by atoms with Gasteiger partial charge in [0.1, 0.15) is 5.75 Å². The zero-order valence-corrected chi connectivity index (χ0v) is 18.4. The average molecular weight is 422 g/mol. The fraction of sp³-hybridized carbons (Fsp3) is 0.400. The number of nitrogens with zero attached hydrogens (tertiary/aromatic N) is 2. The molecule has 164 valence electrons. The van der Waals surface area contributed by atoms with E-state index in [4.69, 9.17) is 4.74 Å². The Bertz CT molecular complexity index is 1050. The maximum absolute atomic E-state index is 11.3. The lowest BCUT2D eigenvalue weighted by atomic mass is 10.0. The second kappa shape index (κ2) is 9.43. The predicted octanol–water partition coefficient (Wildman–Crippen LogP) is 4.33. The first kappa shape index (κ1) is 21.2. The van der Waals surface area contributed by atoms with Crippen molar-refractivity contribution in [3.8, 4) is 5.75 Å². The van der Waals surface area contributed by atoms with Crippen molar-refractivity contribution in [2.75, 3.05) is 44.7 Å². The van der Waals surface area contributed by atoms with E-state index in [2.05, 4.69) is 33.8 Å². The quantitative estimate of drug-likeness (QED) is 0.530. The highest BCUT2D eigenvalue weighted by Crippen LogP contribution is 2.28. The summed E-state index contributed by atoms with van der Waals surface area (Å²) < 4.78 is 5.51. The van der Waals surface area contributed by atoms with E-state index < -0.39 is 5.97 Å². The van der Waals surface area contributed by atoms with Crippen LogP contribution < -0.4 is 9.64 Å². The van der Waals surface area contributed by atoms with Crippen molar-refractivity contribution in [1.29, 1.82) is 0 Å². The number of carboxylic acid groups (broad SMARTS) is 1. The van der Waals surface area contributed by atoms with E-state index in [9.17, 15) is 9.90 Å². The molecular formula is C25H31N3O3. The zero-order valence-electron chi connectivity index (χ0n) is 18.4. The molecule has 1 aliphatic heterocycles. The van der Waals surface area contributed by atoms with Gasteiger partial charge in [0.05, 0.1) is 18.4 Å². The summed E-state index contributed by atoms with van der Waals surface area (Å²) in [5, 5.41) is 10.3. The molecule has 31 heavy (non-hydrogen) atoms. The van der Waals surface area contributed by atoms with Gasteiger partial charge in [0.2, 0.25) is 0 Å². The minimum atomic E-state index is -0.876. The monoisotopic (exact) mass is 421 g/mol. The van der Waals surface area contributed by atoms with Crippen LogP contribution in [-0.4, -0.2) is 60.8 Å². The topological polar surface area (TPSA) is 68.8 Å². The Labute approximate surface area is 183 Å². The number of anilines is 1. The molecule has 0 bridgehead atoms. The van der Waals surface area contributed by atoms with Crippen molar-refractivity contribution >= 4 is 22.6 Å². The van der Waals surface area contributed by atoms with Gasteiger partial charge in [0.25, 0.3) is 0 Å². The molecule has 4 rings (SSSR count). The number of hydrogen-bond acceptors (Lipinski definition) is 4. The Hall–Kier alpha value is -2.99. The fourth-order valence-corrected chi connectivity index (χ4v) is 4.58. The maximum atomic E-state index is 11.3. The van der Waals surface area contributed by atoms with Crippen LogP contribution in [0.15, 0.2) is 42.5 Å². The number of aryl methyl sites for hydroxylation is 2. The van der Waals surface area contributed by atoms with Gasteiger partial charge in [-0.25, -0.2) is 4.79 Å². The highest BCUT2D eigenvalue weighted by atomic mass is 16.5. The molecule has 6 heteroatoms. The number of H-pyrrole nitrogens is 1. The molecule has 2 heterocycles. The van der Waals surface area contributed by atoms with Gasteiger partial charge in [-0.1, -0.05) is 12.1 Å². The average Bonchev–Trinajstić information content (AvgIpc) is 3.11. The van der Waals surface area contributed by atoms with Crippen molar-refractivity contribution in [2.45, 2.75) is 26.2 Å². The molecule has 1 aliphatic rings. The number of rotatable bonds is 8. The van der Waals surface area contributed by atoms with Crippen LogP contribution in [0.25, 0.3) is 10.9 Å². The number of methoxy groups -OCH3 is 1. The summed E-state index contributed by atoms with van der Waals surface area (Å²) in [6.45, 7) is 7.33. The number of fused-ring (bicyclic) bond motifs is 1. The molecule has 2 aromatic carbocycles. The number of para-hydroxylation sites is 2. The number of carboxylic acids is 1. The van der Waals surface area contributed by atoms with Crippen LogP contribution >= 0.6 is 0 Å². The van der Waals surface area contributed by atoms with Gasteiger partial charge >= 0.3 is 5.97 Å². The lowest BCUT2D eigenvalue weighted by Crippen LogP contribution is -2.46. The Balaban J connectivity index is 1.28. The molecule has 3 aromatic rings. The summed E-state index contributed by atoms with van der Waals surface area (Å²) in [5.41, 5.74) is 4.94. The van der Waals surface area contributed by atoms with Crippen LogP contribution in [0.5, 0.6) is 5.75 Å². The van der Waals surface area contributed by atoms with E-state index in [0.717, 1.165) is 74.3 Å². The van der Waals surface area contributed by atoms with Crippen molar-refractivity contribution < 1.29 is 14.6 Å². The number of piperazine rings is 1. The third kappa shape index (κ3) is 4.69. The summed E-state index contributed by atoms with van der Waals surface area (Å²) in [6.07, 6.45) is 3.20. The molecule has 0 aliphatic carbocycles. The second-order valence-corrected chi connectivity index (χ2v) is 8.25. The van der Waals surface area contributed by atoms with Crippen LogP contribution in [0.4, 0.5) is 5.69 Å². The zero-order chi connectivity index (χ0) is 21.8. The van der Waals surface area contributed by atoms with Gasteiger partial charge in [-0.3, -0.25) is 4.90 Å². The molecule has 0 saturated carbocycles. The smallest absolute Gasteiger partial charge is 0.335 e. The number of aromatic nitrogens is 1. The fourth-order valence-electron chi connectivity index (χ4n) is 4.58. The first-order valence-electron chi connectivity index (χ1n) is 11.0. The minimum Gasteiger partial charge on any atom is -0.495 e. The van der Waals surface area contributed by atoms with Gasteiger partial charge in [0, 0.05) is 42.8 Å². The van der Waals surface area contributed by atoms with Crippen LogP contribution in [-0.2, 0) is 6.42 Å². The van der Waals surface area contributed by atoms with Gasteiger partial charge in [-0.2, -0.15) is 0 Å². The number of carbonyl (C=O) groups is 1. The van der Waals surface area contributed by atoms with Crippen LogP contribution in [0.1, 0.15) is 34.5 Å². The summed E-state index contributed by atoms with van der Waals surface area (Å²) in [4.78, 5) is 19.7. The molecule has 2 N–H and O–H groups in total. The molecule has 0 radical (unpaired) electrons. The lowest BCUT2D eigenvalue weighted by molar-refractivity contribution is 0.0697. The number of unbranched alkanes of at least 4 members (excludes halogenated alkanes) is 1. The Kier molecular flexibility index (Phi) is 6.47. The standard InChI is InChI=1S/C25H31N3O3/c1-18-20(21-17-19(25(29)30)10-11-22(21)26-18)7-5-6-12-27-13-15-28(16-14-27)23-8-3-4-9-24(23)31-2/h3-4,8-11,17,26H,5-7,12-16H2,1-2H3,(H,29,30). The summed E-state index contributed by atoms with van der Waals surface area (Å²) in [5.74, 6) is 0.0649. The van der Waals surface area contributed by atoms with E-state index in [0.29, 0.717) is 5.56 Å². The summed E-state index contributed by atoms with van der Waals surface area (Å²) >= 11 is 0. The number of ether oxygens (including phenoxy) is 1. The molecule has 0 amide bonds. The SMILES string of the molecule is COc1ccccc1N1CCN(CCCCc2c(C)[nH]c3ccc(C(=O)O)cc23)CC1. The Morgan fingerprint density at radius 2 is 1.87 bits per heavy atom. The maximum Gasteiger partial charge on any atom is 0.335 e. The van der Waals surface area contributed by atoms with E-state index in [1.807, 2.05) is 18.2 Å². The van der Waals surface area contributed by atoms with E-state index in [-0.39, 0.29) is 0 Å². The molecule has 6 nitrogen and oxygen atoms in total. The third-order valence-electron chi connectivity index (χ3n) is 6.32. The van der Waals surface area contributed by atoms with E-state index in [1.54, 1.807) is 19.2 Å². The van der Waals surface area contributed by atoms with Crippen LogP contribution in [0.2, 0.25) is 0 Å². The number of aromatic amines is 1. The normalized spacial score (nSPS) is 14.8.